The van der Waals surface area contributed by atoms with Crippen LogP contribution in [0.3, 0.4) is 0 Å². The molecule has 6 nitrogen and oxygen atoms in total. The lowest BCUT2D eigenvalue weighted by Gasteiger charge is -2.18. The van der Waals surface area contributed by atoms with Crippen molar-refractivity contribution in [1.82, 2.24) is 10.6 Å². The third-order valence-electron chi connectivity index (χ3n) is 4.62. The van der Waals surface area contributed by atoms with Crippen molar-refractivity contribution in [3.05, 3.63) is 35.9 Å². The molecule has 2 atom stereocenters. The molecule has 1 aromatic rings. The number of carbonyl (C=O) groups excluding carboxylic acids is 2. The summed E-state index contributed by atoms with van der Waals surface area (Å²) in [5.74, 6) is 0.199. The molecule has 0 aliphatic heterocycles. The van der Waals surface area contributed by atoms with Crippen LogP contribution in [0.15, 0.2) is 30.3 Å². The van der Waals surface area contributed by atoms with Crippen LogP contribution >= 0.6 is 0 Å². The second-order valence-corrected chi connectivity index (χ2v) is 6.95. The summed E-state index contributed by atoms with van der Waals surface area (Å²) in [7, 11) is 0. The normalized spacial score (nSPS) is 15.9. The summed E-state index contributed by atoms with van der Waals surface area (Å²) in [5.41, 5.74) is 0.985. The maximum Gasteiger partial charge on any atom is 0.309 e. The van der Waals surface area contributed by atoms with Gasteiger partial charge in [0.2, 0.25) is 5.91 Å². The van der Waals surface area contributed by atoms with Crippen LogP contribution in [0.25, 0.3) is 0 Å². The molecule has 0 saturated heterocycles. The van der Waals surface area contributed by atoms with Gasteiger partial charge in [0.15, 0.2) is 0 Å². The molecule has 6 heteroatoms. The minimum absolute atomic E-state index is 0.0742. The molecule has 0 heterocycles. The number of hydrogen-bond donors (Lipinski definition) is 3. The SMILES string of the molecule is CC(NCCC(CC1CC1)C(=O)OCc1ccccc1)C(=O)NCCO. The fourth-order valence-corrected chi connectivity index (χ4v) is 2.83. The zero-order chi connectivity index (χ0) is 18.8. The highest BCUT2D eigenvalue weighted by Gasteiger charge is 2.30. The fourth-order valence-electron chi connectivity index (χ4n) is 2.83. The molecular formula is C20H30N2O4. The molecule has 1 aliphatic rings. The summed E-state index contributed by atoms with van der Waals surface area (Å²) < 4.78 is 5.50. The van der Waals surface area contributed by atoms with E-state index in [1.165, 1.54) is 12.8 Å². The van der Waals surface area contributed by atoms with Gasteiger partial charge in [0.1, 0.15) is 6.61 Å². The summed E-state index contributed by atoms with van der Waals surface area (Å²) in [4.78, 5) is 24.3. The van der Waals surface area contributed by atoms with Gasteiger partial charge in [-0.05, 0) is 37.8 Å². The van der Waals surface area contributed by atoms with E-state index in [2.05, 4.69) is 10.6 Å². The van der Waals surface area contributed by atoms with E-state index in [4.69, 9.17) is 9.84 Å². The number of aliphatic hydroxyl groups is 1. The molecule has 26 heavy (non-hydrogen) atoms. The van der Waals surface area contributed by atoms with Crippen LogP contribution in [0.2, 0.25) is 0 Å². The number of hydrogen-bond acceptors (Lipinski definition) is 5. The van der Waals surface area contributed by atoms with Crippen molar-refractivity contribution in [1.29, 1.82) is 0 Å². The van der Waals surface area contributed by atoms with E-state index >= 15 is 0 Å². The Balaban J connectivity index is 1.75. The molecule has 144 valence electrons. The Morgan fingerprint density at radius 1 is 1.23 bits per heavy atom. The third-order valence-corrected chi connectivity index (χ3v) is 4.62. The first-order chi connectivity index (χ1) is 12.6. The van der Waals surface area contributed by atoms with Crippen molar-refractivity contribution in [3.63, 3.8) is 0 Å². The van der Waals surface area contributed by atoms with E-state index in [-0.39, 0.29) is 37.0 Å². The van der Waals surface area contributed by atoms with Crippen molar-refractivity contribution in [2.75, 3.05) is 19.7 Å². The lowest BCUT2D eigenvalue weighted by molar-refractivity contribution is -0.150. The second kappa shape index (κ2) is 10.9. The van der Waals surface area contributed by atoms with Crippen LogP contribution in [-0.2, 0) is 20.9 Å². The number of ether oxygens (including phenoxy) is 1. The largest absolute Gasteiger partial charge is 0.461 e. The molecule has 3 N–H and O–H groups in total. The standard InChI is InChI=1S/C20H30N2O4/c1-15(19(24)22-11-12-23)21-10-9-18(13-16-7-8-16)20(25)26-14-17-5-3-2-4-6-17/h2-6,15-16,18,21,23H,7-14H2,1H3,(H,22,24). The average Bonchev–Trinajstić information content (AvgIpc) is 3.48. The average molecular weight is 362 g/mol. The molecular weight excluding hydrogens is 332 g/mol. The summed E-state index contributed by atoms with van der Waals surface area (Å²) in [6, 6.07) is 9.32. The van der Waals surface area contributed by atoms with E-state index in [0.717, 1.165) is 12.0 Å². The minimum atomic E-state index is -0.358. The van der Waals surface area contributed by atoms with E-state index in [9.17, 15) is 9.59 Å². The van der Waals surface area contributed by atoms with Gasteiger partial charge < -0.3 is 20.5 Å². The molecule has 1 saturated carbocycles. The topological polar surface area (TPSA) is 87.7 Å². The monoisotopic (exact) mass is 362 g/mol. The molecule has 0 spiro atoms. The maximum atomic E-state index is 12.5. The van der Waals surface area contributed by atoms with Gasteiger partial charge in [-0.2, -0.15) is 0 Å². The highest BCUT2D eigenvalue weighted by molar-refractivity contribution is 5.81. The molecule has 0 bridgehead atoms. The lowest BCUT2D eigenvalue weighted by Crippen LogP contribution is -2.43. The Hall–Kier alpha value is -1.92. The minimum Gasteiger partial charge on any atom is -0.461 e. The van der Waals surface area contributed by atoms with E-state index in [0.29, 0.717) is 25.5 Å². The Labute approximate surface area is 155 Å². The first-order valence-corrected chi connectivity index (χ1v) is 9.42. The Bertz CT molecular complexity index is 560. The van der Waals surface area contributed by atoms with Crippen LogP contribution in [0.1, 0.15) is 38.2 Å². The van der Waals surface area contributed by atoms with E-state index in [1.54, 1.807) is 6.92 Å². The number of aliphatic hydroxyl groups excluding tert-OH is 1. The fraction of sp³-hybridized carbons (Fsp3) is 0.600. The van der Waals surface area contributed by atoms with Crippen molar-refractivity contribution < 1.29 is 19.4 Å². The zero-order valence-electron chi connectivity index (χ0n) is 15.4. The van der Waals surface area contributed by atoms with Gasteiger partial charge in [-0.15, -0.1) is 0 Å². The van der Waals surface area contributed by atoms with Crippen molar-refractivity contribution in [2.45, 2.75) is 45.3 Å². The summed E-state index contributed by atoms with van der Waals surface area (Å²) >= 11 is 0. The lowest BCUT2D eigenvalue weighted by atomic mass is 9.98. The zero-order valence-corrected chi connectivity index (χ0v) is 15.4. The molecule has 1 amide bonds. The molecule has 0 radical (unpaired) electrons. The van der Waals surface area contributed by atoms with Crippen LogP contribution < -0.4 is 10.6 Å². The summed E-state index contributed by atoms with van der Waals surface area (Å²) in [5, 5.41) is 14.5. The van der Waals surface area contributed by atoms with Gasteiger partial charge in [0, 0.05) is 6.54 Å². The smallest absolute Gasteiger partial charge is 0.309 e. The molecule has 0 aromatic heterocycles. The number of nitrogens with one attached hydrogen (secondary N) is 2. The Kier molecular flexibility index (Phi) is 8.58. The summed E-state index contributed by atoms with van der Waals surface area (Å²) in [6.07, 6.45) is 3.90. The molecule has 1 fully saturated rings. The Morgan fingerprint density at radius 2 is 1.96 bits per heavy atom. The van der Waals surface area contributed by atoms with Gasteiger partial charge >= 0.3 is 5.97 Å². The third kappa shape index (κ3) is 7.54. The van der Waals surface area contributed by atoms with Gasteiger partial charge in [-0.3, -0.25) is 9.59 Å². The van der Waals surface area contributed by atoms with Crippen LogP contribution in [0, 0.1) is 11.8 Å². The first-order valence-electron chi connectivity index (χ1n) is 9.42. The van der Waals surface area contributed by atoms with Crippen molar-refractivity contribution in [2.24, 2.45) is 11.8 Å². The van der Waals surface area contributed by atoms with Crippen LogP contribution in [-0.4, -0.2) is 42.7 Å². The molecule has 1 aromatic carbocycles. The number of benzene rings is 1. The van der Waals surface area contributed by atoms with E-state index < -0.39 is 0 Å². The maximum absolute atomic E-state index is 12.5. The van der Waals surface area contributed by atoms with Crippen molar-refractivity contribution in [3.8, 4) is 0 Å². The van der Waals surface area contributed by atoms with Gasteiger partial charge in [0.05, 0.1) is 18.6 Å². The number of amides is 1. The quantitative estimate of drug-likeness (QED) is 0.492. The summed E-state index contributed by atoms with van der Waals surface area (Å²) in [6.45, 7) is 2.83. The van der Waals surface area contributed by atoms with Crippen molar-refractivity contribution >= 4 is 11.9 Å². The van der Waals surface area contributed by atoms with Gasteiger partial charge in [-0.25, -0.2) is 0 Å². The first kappa shape index (κ1) is 20.4. The number of carbonyl (C=O) groups is 2. The highest BCUT2D eigenvalue weighted by atomic mass is 16.5. The highest BCUT2D eigenvalue weighted by Crippen LogP contribution is 2.36. The molecule has 2 rings (SSSR count). The number of rotatable bonds is 12. The van der Waals surface area contributed by atoms with Gasteiger partial charge in [-0.1, -0.05) is 43.2 Å². The molecule has 1 aliphatic carbocycles. The molecule has 2 unspecified atom stereocenters. The van der Waals surface area contributed by atoms with E-state index in [1.807, 2.05) is 30.3 Å². The Morgan fingerprint density at radius 3 is 2.62 bits per heavy atom. The predicted octanol–water partition coefficient (Wildman–Crippen LogP) is 1.62. The van der Waals surface area contributed by atoms with Gasteiger partial charge in [0.25, 0.3) is 0 Å². The predicted molar refractivity (Wildman–Crippen MR) is 99.2 cm³/mol. The second-order valence-electron chi connectivity index (χ2n) is 6.95. The van der Waals surface area contributed by atoms with Crippen LogP contribution in [0.4, 0.5) is 0 Å². The van der Waals surface area contributed by atoms with Crippen LogP contribution in [0.5, 0.6) is 0 Å². The number of esters is 1.